The van der Waals surface area contributed by atoms with Crippen LogP contribution >= 0.6 is 0 Å². The van der Waals surface area contributed by atoms with Crippen molar-refractivity contribution in [2.24, 2.45) is 0 Å². The van der Waals surface area contributed by atoms with Gasteiger partial charge in [0.15, 0.2) is 23.9 Å². The number of amides is 1. The van der Waals surface area contributed by atoms with Gasteiger partial charge in [0.2, 0.25) is 5.95 Å². The molecule has 0 radical (unpaired) electrons. The molecule has 2 aromatic carbocycles. The lowest BCUT2D eigenvalue weighted by atomic mass is 10.0. The van der Waals surface area contributed by atoms with Crippen LogP contribution in [0.4, 0.5) is 21.7 Å². The Morgan fingerprint density at radius 1 is 1.24 bits per heavy atom. The Labute approximate surface area is 197 Å². The molecule has 0 fully saturated rings. The Hall–Kier alpha value is -3.72. The fourth-order valence-corrected chi connectivity index (χ4v) is 4.42. The van der Waals surface area contributed by atoms with Crippen LogP contribution in [0.15, 0.2) is 36.5 Å². The van der Waals surface area contributed by atoms with Crippen molar-refractivity contribution < 1.29 is 18.7 Å². The van der Waals surface area contributed by atoms with Crippen molar-refractivity contribution in [3.63, 3.8) is 0 Å². The second kappa shape index (κ2) is 8.90. The SMILES string of the molecule is COc1cc(-c2nc(Nc3ccc4c(c3)CNCC4)ncc2F)cc2c1OCC(=O)N2C(C)C. The maximum atomic E-state index is 14.9. The predicted octanol–water partition coefficient (Wildman–Crippen LogP) is 3.81. The zero-order valence-corrected chi connectivity index (χ0v) is 19.3. The van der Waals surface area contributed by atoms with E-state index in [9.17, 15) is 9.18 Å². The minimum Gasteiger partial charge on any atom is -0.493 e. The number of carbonyl (C=O) groups excluding carboxylic acids is 1. The van der Waals surface area contributed by atoms with Gasteiger partial charge in [-0.05, 0) is 62.2 Å². The van der Waals surface area contributed by atoms with E-state index in [0.717, 1.165) is 31.4 Å². The highest BCUT2D eigenvalue weighted by Crippen LogP contribution is 2.44. The summed E-state index contributed by atoms with van der Waals surface area (Å²) >= 11 is 0. The summed E-state index contributed by atoms with van der Waals surface area (Å²) in [5.41, 5.74) is 4.44. The molecule has 2 aliphatic heterocycles. The third-order valence-electron chi connectivity index (χ3n) is 6.01. The number of ether oxygens (including phenoxy) is 2. The van der Waals surface area contributed by atoms with Gasteiger partial charge < -0.3 is 25.0 Å². The number of methoxy groups -OCH3 is 1. The molecule has 0 saturated carbocycles. The molecule has 1 aromatic heterocycles. The van der Waals surface area contributed by atoms with Gasteiger partial charge in [-0.1, -0.05) is 6.07 Å². The maximum Gasteiger partial charge on any atom is 0.265 e. The second-order valence-electron chi connectivity index (χ2n) is 8.60. The highest BCUT2D eigenvalue weighted by atomic mass is 19.1. The molecule has 176 valence electrons. The number of rotatable bonds is 5. The van der Waals surface area contributed by atoms with E-state index in [-0.39, 0.29) is 30.2 Å². The Morgan fingerprint density at radius 2 is 2.09 bits per heavy atom. The largest absolute Gasteiger partial charge is 0.493 e. The summed E-state index contributed by atoms with van der Waals surface area (Å²) in [5, 5.41) is 6.54. The minimum absolute atomic E-state index is 0.0763. The van der Waals surface area contributed by atoms with Crippen molar-refractivity contribution >= 4 is 23.2 Å². The van der Waals surface area contributed by atoms with Gasteiger partial charge in [-0.15, -0.1) is 0 Å². The van der Waals surface area contributed by atoms with Gasteiger partial charge in [0.05, 0.1) is 19.0 Å². The molecule has 0 atom stereocenters. The number of hydrogen-bond donors (Lipinski definition) is 2. The standard InChI is InChI=1S/C25H26FN5O3/c1-14(2)31-20-9-16(10-21(33-3)24(20)34-13-22(31)32)23-19(26)12-28-25(30-23)29-18-5-4-15-6-7-27-11-17(15)8-18/h4-5,8-10,12,14,27H,6-7,11,13H2,1-3H3,(H,28,29,30). The van der Waals surface area contributed by atoms with Crippen LogP contribution < -0.4 is 25.0 Å². The lowest BCUT2D eigenvalue weighted by molar-refractivity contribution is -0.121. The van der Waals surface area contributed by atoms with Gasteiger partial charge in [-0.3, -0.25) is 4.79 Å². The predicted molar refractivity (Wildman–Crippen MR) is 127 cm³/mol. The fourth-order valence-electron chi connectivity index (χ4n) is 4.42. The normalized spacial score (nSPS) is 15.0. The molecule has 34 heavy (non-hydrogen) atoms. The number of nitrogens with one attached hydrogen (secondary N) is 2. The molecule has 0 aliphatic carbocycles. The first kappa shape index (κ1) is 22.1. The number of aromatic nitrogens is 2. The number of fused-ring (bicyclic) bond motifs is 2. The second-order valence-corrected chi connectivity index (χ2v) is 8.60. The van der Waals surface area contributed by atoms with Gasteiger partial charge in [-0.2, -0.15) is 0 Å². The van der Waals surface area contributed by atoms with Crippen molar-refractivity contribution in [1.82, 2.24) is 15.3 Å². The molecule has 5 rings (SSSR count). The number of nitrogens with zero attached hydrogens (tertiary/aromatic N) is 3. The first-order valence-electron chi connectivity index (χ1n) is 11.2. The minimum atomic E-state index is -0.582. The lowest BCUT2D eigenvalue weighted by Crippen LogP contribution is -2.43. The molecule has 0 bridgehead atoms. The lowest BCUT2D eigenvalue weighted by Gasteiger charge is -2.33. The van der Waals surface area contributed by atoms with Gasteiger partial charge >= 0.3 is 0 Å². The summed E-state index contributed by atoms with van der Waals surface area (Å²) in [7, 11) is 1.51. The Kier molecular flexibility index (Phi) is 5.79. The third-order valence-corrected chi connectivity index (χ3v) is 6.01. The summed E-state index contributed by atoms with van der Waals surface area (Å²) in [5.74, 6) is 0.371. The number of carbonyl (C=O) groups is 1. The van der Waals surface area contributed by atoms with Crippen molar-refractivity contribution in [2.45, 2.75) is 32.9 Å². The van der Waals surface area contributed by atoms with Crippen molar-refractivity contribution in [1.29, 1.82) is 0 Å². The molecular formula is C25H26FN5O3. The number of hydrogen-bond acceptors (Lipinski definition) is 7. The number of benzene rings is 2. The molecule has 0 unspecified atom stereocenters. The topological polar surface area (TPSA) is 88.6 Å². The molecule has 2 aliphatic rings. The molecule has 0 spiro atoms. The van der Waals surface area contributed by atoms with Gasteiger partial charge in [-0.25, -0.2) is 14.4 Å². The van der Waals surface area contributed by atoms with E-state index in [2.05, 4.69) is 32.7 Å². The van der Waals surface area contributed by atoms with Crippen LogP contribution in [0, 0.1) is 5.82 Å². The van der Waals surface area contributed by atoms with E-state index in [1.54, 1.807) is 17.0 Å². The Balaban J connectivity index is 1.53. The molecule has 3 aromatic rings. The quantitative estimate of drug-likeness (QED) is 0.595. The monoisotopic (exact) mass is 463 g/mol. The van der Waals surface area contributed by atoms with E-state index >= 15 is 0 Å². The summed E-state index contributed by atoms with van der Waals surface area (Å²) in [6.45, 7) is 5.52. The van der Waals surface area contributed by atoms with Crippen molar-refractivity contribution in [3.05, 3.63) is 53.5 Å². The molecule has 0 saturated heterocycles. The summed E-state index contributed by atoms with van der Waals surface area (Å²) < 4.78 is 26.1. The van der Waals surface area contributed by atoms with Gasteiger partial charge in [0, 0.05) is 23.8 Å². The Bertz CT molecular complexity index is 1260. The fraction of sp³-hybridized carbons (Fsp3) is 0.320. The molecule has 3 heterocycles. The third kappa shape index (κ3) is 4.03. The van der Waals surface area contributed by atoms with Gasteiger partial charge in [0.25, 0.3) is 5.91 Å². The highest BCUT2D eigenvalue weighted by molar-refractivity contribution is 6.00. The first-order valence-corrected chi connectivity index (χ1v) is 11.2. The van der Waals surface area contributed by atoms with E-state index in [1.807, 2.05) is 19.9 Å². The maximum absolute atomic E-state index is 14.9. The number of halogens is 1. The Morgan fingerprint density at radius 3 is 2.88 bits per heavy atom. The van der Waals surface area contributed by atoms with Crippen molar-refractivity contribution in [3.8, 4) is 22.8 Å². The first-order chi connectivity index (χ1) is 16.4. The van der Waals surface area contributed by atoms with Gasteiger partial charge in [0.1, 0.15) is 5.69 Å². The van der Waals surface area contributed by atoms with Crippen LogP contribution in [0.3, 0.4) is 0 Å². The van der Waals surface area contributed by atoms with Crippen LogP contribution in [0.1, 0.15) is 25.0 Å². The highest BCUT2D eigenvalue weighted by Gasteiger charge is 2.31. The summed E-state index contributed by atoms with van der Waals surface area (Å²) in [6, 6.07) is 9.37. The average Bonchev–Trinajstić information content (AvgIpc) is 2.84. The molecular weight excluding hydrogens is 437 g/mol. The van der Waals surface area contributed by atoms with Crippen molar-refractivity contribution in [2.75, 3.05) is 30.5 Å². The number of anilines is 3. The molecule has 8 nitrogen and oxygen atoms in total. The zero-order chi connectivity index (χ0) is 23.8. The average molecular weight is 464 g/mol. The van der Waals surface area contributed by atoms with Crippen LogP contribution in [-0.2, 0) is 17.8 Å². The van der Waals surface area contributed by atoms with E-state index in [4.69, 9.17) is 9.47 Å². The summed E-state index contributed by atoms with van der Waals surface area (Å²) in [6.07, 6.45) is 2.13. The smallest absolute Gasteiger partial charge is 0.265 e. The molecule has 1 amide bonds. The van der Waals surface area contributed by atoms with Crippen LogP contribution in [0.2, 0.25) is 0 Å². The van der Waals surface area contributed by atoms with E-state index in [0.29, 0.717) is 22.7 Å². The molecule has 2 N–H and O–H groups in total. The van der Waals surface area contributed by atoms with Crippen LogP contribution in [-0.4, -0.2) is 42.2 Å². The van der Waals surface area contributed by atoms with Crippen LogP contribution in [0.5, 0.6) is 11.5 Å². The zero-order valence-electron chi connectivity index (χ0n) is 19.3. The summed E-state index contributed by atoms with van der Waals surface area (Å²) in [4.78, 5) is 22.7. The van der Waals surface area contributed by atoms with E-state index in [1.165, 1.54) is 18.2 Å². The molecule has 9 heteroatoms. The van der Waals surface area contributed by atoms with Crippen LogP contribution in [0.25, 0.3) is 11.3 Å². The van der Waals surface area contributed by atoms with E-state index < -0.39 is 5.82 Å².